The van der Waals surface area contributed by atoms with Gasteiger partial charge < -0.3 is 10.3 Å². The lowest BCUT2D eigenvalue weighted by Gasteiger charge is -2.32. The molecule has 1 amide bonds. The van der Waals surface area contributed by atoms with Crippen LogP contribution < -0.4 is 5.73 Å². The Hall–Kier alpha value is -2.63. The molecule has 0 aliphatic carbocycles. The minimum absolute atomic E-state index is 0.0103. The normalized spacial score (nSPS) is 17.5. The summed E-state index contributed by atoms with van der Waals surface area (Å²) in [7, 11) is 0. The molecule has 150 valence electrons. The maximum atomic E-state index is 12.9. The number of benzene rings is 2. The fourth-order valence-corrected chi connectivity index (χ4v) is 4.38. The maximum Gasteiger partial charge on any atom is 0.237 e. The number of nitrogens with zero attached hydrogens (tertiary/aromatic N) is 2. The SMILES string of the molecule is NC(=O)Cn1cc(CN2CCCC(C(=O)c3ccc(Cl)cc3)C2)c2ccccc21. The average molecular weight is 410 g/mol. The van der Waals surface area contributed by atoms with E-state index in [1.807, 2.05) is 29.0 Å². The number of hydrogen-bond acceptors (Lipinski definition) is 3. The molecular formula is C23H24ClN3O2. The van der Waals surface area contributed by atoms with E-state index < -0.39 is 0 Å². The zero-order valence-corrected chi connectivity index (χ0v) is 16.9. The highest BCUT2D eigenvalue weighted by atomic mass is 35.5. The van der Waals surface area contributed by atoms with E-state index in [2.05, 4.69) is 11.0 Å². The predicted molar refractivity (Wildman–Crippen MR) is 115 cm³/mol. The molecule has 1 fully saturated rings. The number of hydrogen-bond donors (Lipinski definition) is 1. The van der Waals surface area contributed by atoms with Gasteiger partial charge in [0.15, 0.2) is 5.78 Å². The van der Waals surface area contributed by atoms with Gasteiger partial charge in [-0.1, -0.05) is 29.8 Å². The summed E-state index contributed by atoms with van der Waals surface area (Å²) < 4.78 is 1.91. The third-order valence-corrected chi connectivity index (χ3v) is 5.85. The molecule has 1 unspecified atom stereocenters. The highest BCUT2D eigenvalue weighted by Gasteiger charge is 2.27. The number of piperidine rings is 1. The molecule has 3 aromatic rings. The molecule has 29 heavy (non-hydrogen) atoms. The Morgan fingerprint density at radius 3 is 2.62 bits per heavy atom. The minimum Gasteiger partial charge on any atom is -0.368 e. The zero-order valence-electron chi connectivity index (χ0n) is 16.2. The van der Waals surface area contributed by atoms with Gasteiger partial charge in [-0.15, -0.1) is 0 Å². The third-order valence-electron chi connectivity index (χ3n) is 5.60. The summed E-state index contributed by atoms with van der Waals surface area (Å²) in [4.78, 5) is 26.7. The first kappa shape index (κ1) is 19.7. The first-order chi connectivity index (χ1) is 14.0. The zero-order chi connectivity index (χ0) is 20.4. The van der Waals surface area contributed by atoms with Crippen molar-refractivity contribution < 1.29 is 9.59 Å². The van der Waals surface area contributed by atoms with Crippen molar-refractivity contribution in [3.8, 4) is 0 Å². The molecule has 0 spiro atoms. The number of nitrogens with two attached hydrogens (primary N) is 1. The van der Waals surface area contributed by atoms with Crippen LogP contribution in [0.2, 0.25) is 5.02 Å². The molecule has 0 saturated carbocycles. The van der Waals surface area contributed by atoms with Crippen molar-refractivity contribution in [2.24, 2.45) is 11.7 Å². The summed E-state index contributed by atoms with van der Waals surface area (Å²) in [6, 6.07) is 15.2. The van der Waals surface area contributed by atoms with E-state index in [9.17, 15) is 9.59 Å². The van der Waals surface area contributed by atoms with Gasteiger partial charge >= 0.3 is 0 Å². The molecule has 1 atom stereocenters. The molecule has 5 nitrogen and oxygen atoms in total. The third kappa shape index (κ3) is 4.36. The Kier molecular flexibility index (Phi) is 5.69. The summed E-state index contributed by atoms with van der Waals surface area (Å²) in [5, 5.41) is 1.76. The van der Waals surface area contributed by atoms with Crippen LogP contribution in [0.3, 0.4) is 0 Å². The summed E-state index contributed by atoms with van der Waals surface area (Å²) >= 11 is 5.95. The van der Waals surface area contributed by atoms with Crippen LogP contribution in [0.5, 0.6) is 0 Å². The molecule has 2 aromatic carbocycles. The molecule has 0 radical (unpaired) electrons. The van der Waals surface area contributed by atoms with E-state index in [1.165, 1.54) is 0 Å². The number of fused-ring (bicyclic) bond motifs is 1. The number of carbonyl (C=O) groups excluding carboxylic acids is 2. The van der Waals surface area contributed by atoms with Gasteiger partial charge in [0.1, 0.15) is 6.54 Å². The summed E-state index contributed by atoms with van der Waals surface area (Å²) in [5.74, 6) is -0.185. The molecule has 0 bridgehead atoms. The highest BCUT2D eigenvalue weighted by Crippen LogP contribution is 2.27. The Bertz CT molecular complexity index is 1040. The fourth-order valence-electron chi connectivity index (χ4n) is 4.25. The second-order valence-corrected chi connectivity index (χ2v) is 8.15. The topological polar surface area (TPSA) is 68.3 Å². The Morgan fingerprint density at radius 1 is 1.10 bits per heavy atom. The van der Waals surface area contributed by atoms with Crippen molar-refractivity contribution >= 4 is 34.2 Å². The minimum atomic E-state index is -0.357. The monoisotopic (exact) mass is 409 g/mol. The maximum absolute atomic E-state index is 12.9. The number of rotatable bonds is 6. The highest BCUT2D eigenvalue weighted by molar-refractivity contribution is 6.30. The smallest absolute Gasteiger partial charge is 0.237 e. The van der Waals surface area contributed by atoms with Crippen LogP contribution in [-0.2, 0) is 17.9 Å². The molecule has 1 aliphatic rings. The number of carbonyl (C=O) groups is 2. The number of Topliss-reactive ketones (excluding diaryl/α,β-unsaturated/α-hetero) is 1. The van der Waals surface area contributed by atoms with E-state index in [-0.39, 0.29) is 24.2 Å². The van der Waals surface area contributed by atoms with Gasteiger partial charge in [0, 0.05) is 46.7 Å². The summed E-state index contributed by atoms with van der Waals surface area (Å²) in [6.07, 6.45) is 3.91. The number of para-hydroxylation sites is 1. The molecule has 1 saturated heterocycles. The van der Waals surface area contributed by atoms with Gasteiger partial charge in [-0.3, -0.25) is 14.5 Å². The number of amides is 1. The van der Waals surface area contributed by atoms with E-state index >= 15 is 0 Å². The van der Waals surface area contributed by atoms with Crippen molar-refractivity contribution in [3.63, 3.8) is 0 Å². The lowest BCUT2D eigenvalue weighted by molar-refractivity contribution is -0.118. The van der Waals surface area contributed by atoms with Gasteiger partial charge in [-0.05, 0) is 55.3 Å². The van der Waals surface area contributed by atoms with Gasteiger partial charge in [0.05, 0.1) is 0 Å². The number of primary amides is 1. The van der Waals surface area contributed by atoms with E-state index in [0.29, 0.717) is 5.02 Å². The number of likely N-dealkylation sites (tertiary alicyclic amines) is 1. The van der Waals surface area contributed by atoms with Crippen molar-refractivity contribution in [3.05, 3.63) is 70.9 Å². The van der Waals surface area contributed by atoms with Crippen molar-refractivity contribution in [2.45, 2.75) is 25.9 Å². The Morgan fingerprint density at radius 2 is 1.86 bits per heavy atom. The second-order valence-electron chi connectivity index (χ2n) is 7.71. The average Bonchev–Trinajstić information content (AvgIpc) is 3.05. The molecule has 4 rings (SSSR count). The van der Waals surface area contributed by atoms with Crippen molar-refractivity contribution in [1.82, 2.24) is 9.47 Å². The number of ketones is 1. The standard InChI is InChI=1S/C23H24ClN3O2/c24-19-9-7-16(8-10-19)23(29)17-4-3-11-26(12-17)13-18-14-27(15-22(25)28)21-6-2-1-5-20(18)21/h1-2,5-10,14,17H,3-4,11-13,15H2,(H2,25,28). The molecule has 2 N–H and O–H groups in total. The van der Waals surface area contributed by atoms with Crippen LogP contribution in [0, 0.1) is 5.92 Å². The molecular weight excluding hydrogens is 386 g/mol. The van der Waals surface area contributed by atoms with Gasteiger partial charge in [-0.2, -0.15) is 0 Å². The van der Waals surface area contributed by atoms with Crippen molar-refractivity contribution in [1.29, 1.82) is 0 Å². The van der Waals surface area contributed by atoms with E-state index in [1.54, 1.807) is 24.3 Å². The van der Waals surface area contributed by atoms with Gasteiger partial charge in [0.2, 0.25) is 5.91 Å². The lowest BCUT2D eigenvalue weighted by Crippen LogP contribution is -2.38. The Labute approximate surface area is 175 Å². The number of aromatic nitrogens is 1. The lowest BCUT2D eigenvalue weighted by atomic mass is 9.90. The van der Waals surface area contributed by atoms with Gasteiger partial charge in [0.25, 0.3) is 0 Å². The van der Waals surface area contributed by atoms with Crippen LogP contribution >= 0.6 is 11.6 Å². The predicted octanol–water partition coefficient (Wildman–Crippen LogP) is 3.87. The van der Waals surface area contributed by atoms with Crippen molar-refractivity contribution in [2.75, 3.05) is 13.1 Å². The first-order valence-corrected chi connectivity index (χ1v) is 10.3. The number of halogens is 1. The van der Waals surface area contributed by atoms with Crippen LogP contribution in [0.1, 0.15) is 28.8 Å². The van der Waals surface area contributed by atoms with Crippen LogP contribution in [0.4, 0.5) is 0 Å². The Balaban J connectivity index is 1.52. The van der Waals surface area contributed by atoms with Gasteiger partial charge in [-0.25, -0.2) is 0 Å². The van der Waals surface area contributed by atoms with E-state index in [0.717, 1.165) is 54.5 Å². The molecule has 6 heteroatoms. The quantitative estimate of drug-likeness (QED) is 0.628. The molecule has 1 aromatic heterocycles. The van der Waals surface area contributed by atoms with Crippen LogP contribution in [0.25, 0.3) is 10.9 Å². The first-order valence-electron chi connectivity index (χ1n) is 9.88. The molecule has 1 aliphatic heterocycles. The van der Waals surface area contributed by atoms with E-state index in [4.69, 9.17) is 17.3 Å². The summed E-state index contributed by atoms with van der Waals surface area (Å²) in [5.41, 5.74) is 8.29. The fraction of sp³-hybridized carbons (Fsp3) is 0.304. The molecule has 2 heterocycles. The van der Waals surface area contributed by atoms with Crippen LogP contribution in [-0.4, -0.2) is 34.2 Å². The summed E-state index contributed by atoms with van der Waals surface area (Å²) in [6.45, 7) is 2.60. The second kappa shape index (κ2) is 8.39. The largest absolute Gasteiger partial charge is 0.368 e. The van der Waals surface area contributed by atoms with Crippen LogP contribution in [0.15, 0.2) is 54.7 Å².